The number of nitrogens with two attached hydrogens (primary N) is 2. The normalized spacial score (nSPS) is 14.6. The van der Waals surface area contributed by atoms with Crippen molar-refractivity contribution in [3.8, 4) is 0 Å². The zero-order valence-electron chi connectivity index (χ0n) is 9.68. The number of allylic oxidation sites excluding steroid dienone is 1. The maximum absolute atomic E-state index is 9.96. The van der Waals surface area contributed by atoms with Crippen molar-refractivity contribution in [2.75, 3.05) is 14.2 Å². The number of hydrogen-bond donors (Lipinski definition) is 2. The van der Waals surface area contributed by atoms with Gasteiger partial charge in [-0.05, 0) is 12.8 Å². The molecule has 1 rings (SSSR count). The van der Waals surface area contributed by atoms with E-state index in [0.717, 1.165) is 5.70 Å². The van der Waals surface area contributed by atoms with Crippen molar-refractivity contribution in [3.05, 3.63) is 11.9 Å². The molecule has 6 heteroatoms. The largest absolute Gasteiger partial charge is 0.469 e. The maximum atomic E-state index is 9.96. The van der Waals surface area contributed by atoms with Gasteiger partial charge in [-0.2, -0.15) is 0 Å². The minimum Gasteiger partial charge on any atom is -0.469 e. The lowest BCUT2D eigenvalue weighted by Crippen LogP contribution is -2.21. The Morgan fingerprint density at radius 2 is 2.12 bits per heavy atom. The molecule has 0 radical (unpaired) electrons. The molecule has 16 heavy (non-hydrogen) atoms. The number of carbonyl (C=O) groups is 2. The molecule has 1 aliphatic carbocycles. The van der Waals surface area contributed by atoms with Gasteiger partial charge in [-0.25, -0.2) is 5.84 Å². The molecule has 6 nitrogen and oxygen atoms in total. The van der Waals surface area contributed by atoms with Crippen molar-refractivity contribution >= 4 is 12.3 Å². The highest BCUT2D eigenvalue weighted by atomic mass is 16.5. The first-order valence-corrected chi connectivity index (χ1v) is 4.96. The first-order valence-electron chi connectivity index (χ1n) is 4.96. The van der Waals surface area contributed by atoms with Gasteiger partial charge in [-0.3, -0.25) is 4.79 Å². The Morgan fingerprint density at radius 3 is 2.38 bits per heavy atom. The SMILES string of the molecule is CN(N)/C=C(\N)C1CC1.COC(=O)CC=O. The summed E-state index contributed by atoms with van der Waals surface area (Å²) in [7, 11) is 3.01. The average Bonchev–Trinajstić information content (AvgIpc) is 3.01. The zero-order valence-corrected chi connectivity index (χ0v) is 9.68. The molecule has 1 fully saturated rings. The summed E-state index contributed by atoms with van der Waals surface area (Å²) in [5.41, 5.74) is 6.54. The number of aldehydes is 1. The fourth-order valence-electron chi connectivity index (χ4n) is 0.909. The predicted molar refractivity (Wildman–Crippen MR) is 59.6 cm³/mol. The van der Waals surface area contributed by atoms with Gasteiger partial charge < -0.3 is 20.3 Å². The summed E-state index contributed by atoms with van der Waals surface area (Å²) < 4.78 is 4.12. The van der Waals surface area contributed by atoms with Crippen molar-refractivity contribution in [2.45, 2.75) is 19.3 Å². The van der Waals surface area contributed by atoms with E-state index >= 15 is 0 Å². The molecule has 4 N–H and O–H groups in total. The molecular formula is C10H19N3O3. The standard InChI is InChI=1S/C6H13N3.C4H6O3/c1-9(8)4-6(7)5-2-3-5;1-7-4(6)2-3-5/h4-5H,2-3,7-8H2,1H3;3H,2H2,1H3/b6-4-;. The quantitative estimate of drug-likeness (QED) is 0.227. The zero-order chi connectivity index (χ0) is 12.6. The maximum Gasteiger partial charge on any atom is 0.312 e. The van der Waals surface area contributed by atoms with E-state index in [2.05, 4.69) is 4.74 Å². The summed E-state index contributed by atoms with van der Waals surface area (Å²) in [5, 5.41) is 1.49. The molecule has 0 aliphatic heterocycles. The van der Waals surface area contributed by atoms with Crippen LogP contribution in [0.1, 0.15) is 19.3 Å². The van der Waals surface area contributed by atoms with Crippen LogP contribution in [0.3, 0.4) is 0 Å². The first-order chi connectivity index (χ1) is 7.51. The molecule has 1 saturated carbocycles. The Kier molecular flexibility index (Phi) is 6.95. The van der Waals surface area contributed by atoms with Crippen LogP contribution in [0.25, 0.3) is 0 Å². The van der Waals surface area contributed by atoms with E-state index in [4.69, 9.17) is 11.6 Å². The number of esters is 1. The number of hydrogen-bond acceptors (Lipinski definition) is 6. The molecule has 92 valence electrons. The fourth-order valence-corrected chi connectivity index (χ4v) is 0.909. The second-order valence-electron chi connectivity index (χ2n) is 3.52. The molecule has 1 aliphatic rings. The van der Waals surface area contributed by atoms with Gasteiger partial charge >= 0.3 is 5.97 Å². The second kappa shape index (κ2) is 7.70. The summed E-state index contributed by atoms with van der Waals surface area (Å²) in [6, 6.07) is 0. The summed E-state index contributed by atoms with van der Waals surface area (Å²) in [6.07, 6.45) is 4.60. The van der Waals surface area contributed by atoms with Crippen LogP contribution in [-0.4, -0.2) is 31.4 Å². The highest BCUT2D eigenvalue weighted by Gasteiger charge is 2.23. The van der Waals surface area contributed by atoms with Crippen LogP contribution in [-0.2, 0) is 14.3 Å². The molecule has 0 amide bonds. The molecular weight excluding hydrogens is 210 g/mol. The number of methoxy groups -OCH3 is 1. The van der Waals surface area contributed by atoms with Crippen LogP contribution in [0.2, 0.25) is 0 Å². The van der Waals surface area contributed by atoms with Crippen LogP contribution in [0.15, 0.2) is 11.9 Å². The lowest BCUT2D eigenvalue weighted by atomic mass is 10.3. The minimum absolute atomic E-state index is 0.142. The van der Waals surface area contributed by atoms with E-state index < -0.39 is 5.97 Å². The molecule has 0 spiro atoms. The lowest BCUT2D eigenvalue weighted by Gasteiger charge is -2.05. The van der Waals surface area contributed by atoms with Gasteiger partial charge in [0.05, 0.1) is 7.11 Å². The molecule has 0 bridgehead atoms. The van der Waals surface area contributed by atoms with Gasteiger partial charge in [0.2, 0.25) is 0 Å². The number of rotatable bonds is 4. The third-order valence-electron chi connectivity index (χ3n) is 1.88. The van der Waals surface area contributed by atoms with Crippen molar-refractivity contribution in [3.63, 3.8) is 0 Å². The third kappa shape index (κ3) is 7.81. The van der Waals surface area contributed by atoms with Crippen LogP contribution in [0, 0.1) is 5.92 Å². The second-order valence-corrected chi connectivity index (χ2v) is 3.52. The Hall–Kier alpha value is -1.56. The van der Waals surface area contributed by atoms with Crippen LogP contribution in [0.5, 0.6) is 0 Å². The van der Waals surface area contributed by atoms with Crippen molar-refractivity contribution in [1.82, 2.24) is 5.01 Å². The molecule has 0 aromatic rings. The van der Waals surface area contributed by atoms with Gasteiger partial charge in [0.15, 0.2) is 0 Å². The van der Waals surface area contributed by atoms with Crippen molar-refractivity contribution in [2.24, 2.45) is 17.5 Å². The first kappa shape index (κ1) is 14.4. The highest BCUT2D eigenvalue weighted by Crippen LogP contribution is 2.33. The Morgan fingerprint density at radius 1 is 1.56 bits per heavy atom. The number of ether oxygens (including phenoxy) is 1. The van der Waals surface area contributed by atoms with E-state index in [1.807, 2.05) is 0 Å². The molecule has 0 aromatic carbocycles. The highest BCUT2D eigenvalue weighted by molar-refractivity contribution is 5.83. The molecule has 0 heterocycles. The average molecular weight is 229 g/mol. The predicted octanol–water partition coefficient (Wildman–Crippen LogP) is -0.250. The van der Waals surface area contributed by atoms with E-state index in [9.17, 15) is 9.59 Å². The Balaban J connectivity index is 0.000000293. The molecule has 0 unspecified atom stereocenters. The molecule has 0 atom stereocenters. The third-order valence-corrected chi connectivity index (χ3v) is 1.88. The number of carbonyl (C=O) groups excluding carboxylic acids is 2. The van der Waals surface area contributed by atoms with E-state index in [-0.39, 0.29) is 6.42 Å². The minimum atomic E-state index is -0.491. The van der Waals surface area contributed by atoms with Crippen molar-refractivity contribution in [1.29, 1.82) is 0 Å². The van der Waals surface area contributed by atoms with Crippen LogP contribution < -0.4 is 11.6 Å². The molecule has 0 aromatic heterocycles. The van der Waals surface area contributed by atoms with Crippen LogP contribution in [0.4, 0.5) is 0 Å². The Bertz CT molecular complexity index is 260. The van der Waals surface area contributed by atoms with E-state index in [1.54, 1.807) is 13.2 Å². The summed E-state index contributed by atoms with van der Waals surface area (Å²) in [5.74, 6) is 5.47. The summed E-state index contributed by atoms with van der Waals surface area (Å²) >= 11 is 0. The monoisotopic (exact) mass is 229 g/mol. The van der Waals surface area contributed by atoms with Gasteiger partial charge in [0, 0.05) is 24.9 Å². The number of nitrogens with zero attached hydrogens (tertiary/aromatic N) is 1. The summed E-state index contributed by atoms with van der Waals surface area (Å²) in [6.45, 7) is 0. The van der Waals surface area contributed by atoms with E-state index in [1.165, 1.54) is 25.0 Å². The van der Waals surface area contributed by atoms with Crippen LogP contribution >= 0.6 is 0 Å². The summed E-state index contributed by atoms with van der Waals surface area (Å²) in [4.78, 5) is 19.4. The van der Waals surface area contributed by atoms with Gasteiger partial charge in [-0.1, -0.05) is 0 Å². The van der Waals surface area contributed by atoms with Gasteiger partial charge in [-0.15, -0.1) is 0 Å². The topological polar surface area (TPSA) is 98.7 Å². The van der Waals surface area contributed by atoms with Gasteiger partial charge in [0.25, 0.3) is 0 Å². The fraction of sp³-hybridized carbons (Fsp3) is 0.600. The molecule has 0 saturated heterocycles. The van der Waals surface area contributed by atoms with Gasteiger partial charge in [0.1, 0.15) is 12.7 Å². The van der Waals surface area contributed by atoms with Crippen molar-refractivity contribution < 1.29 is 14.3 Å². The van der Waals surface area contributed by atoms with E-state index in [0.29, 0.717) is 12.2 Å². The smallest absolute Gasteiger partial charge is 0.312 e. The lowest BCUT2D eigenvalue weighted by molar-refractivity contribution is -0.141. The number of hydrazine groups is 1. The Labute approximate surface area is 95.2 Å².